The quantitative estimate of drug-likeness (QED) is 0.775. The number of nitrogens with zero attached hydrogens (tertiary/aromatic N) is 2. The van der Waals surface area contributed by atoms with Crippen molar-refractivity contribution in [2.75, 3.05) is 0 Å². The highest BCUT2D eigenvalue weighted by Crippen LogP contribution is 2.15. The lowest BCUT2D eigenvalue weighted by Gasteiger charge is -2.06. The second-order valence-electron chi connectivity index (χ2n) is 3.46. The molecule has 0 radical (unpaired) electrons. The van der Waals surface area contributed by atoms with E-state index in [2.05, 4.69) is 18.1 Å². The average molecular weight is 221 g/mol. The lowest BCUT2D eigenvalue weighted by molar-refractivity contribution is 0.775. The third-order valence-electron chi connectivity index (χ3n) is 2.30. The molecule has 1 heterocycles. The van der Waals surface area contributed by atoms with E-state index in [-0.39, 0.29) is 0 Å². The van der Waals surface area contributed by atoms with Crippen molar-refractivity contribution < 1.29 is 0 Å². The topological polar surface area (TPSA) is 17.8 Å². The van der Waals surface area contributed by atoms with Gasteiger partial charge in [0.1, 0.15) is 0 Å². The molecule has 0 N–H and O–H groups in total. The monoisotopic (exact) mass is 220 g/mol. The number of aromatic nitrogens is 2. The van der Waals surface area contributed by atoms with Crippen molar-refractivity contribution in [2.24, 2.45) is 0 Å². The van der Waals surface area contributed by atoms with Crippen LogP contribution in [0.4, 0.5) is 0 Å². The Bertz CT molecular complexity index is 431. The summed E-state index contributed by atoms with van der Waals surface area (Å²) in [6.45, 7) is 2.17. The van der Waals surface area contributed by atoms with Crippen molar-refractivity contribution in [1.82, 2.24) is 9.78 Å². The van der Waals surface area contributed by atoms with Crippen LogP contribution in [-0.2, 0) is 6.42 Å². The van der Waals surface area contributed by atoms with Gasteiger partial charge in [-0.1, -0.05) is 24.9 Å². The third kappa shape index (κ3) is 2.21. The number of rotatable bonds is 3. The van der Waals surface area contributed by atoms with Crippen LogP contribution in [0.25, 0.3) is 5.69 Å². The zero-order chi connectivity index (χ0) is 10.7. The van der Waals surface area contributed by atoms with Gasteiger partial charge in [0.05, 0.1) is 5.69 Å². The molecule has 0 atom stereocenters. The first-order valence-electron chi connectivity index (χ1n) is 5.10. The minimum absolute atomic E-state index is 0.753. The van der Waals surface area contributed by atoms with E-state index in [1.165, 1.54) is 5.69 Å². The molecule has 78 valence electrons. The Morgan fingerprint density at radius 2 is 1.93 bits per heavy atom. The van der Waals surface area contributed by atoms with Gasteiger partial charge in [-0.2, -0.15) is 5.10 Å². The van der Waals surface area contributed by atoms with Crippen LogP contribution in [0.1, 0.15) is 19.0 Å². The summed E-state index contributed by atoms with van der Waals surface area (Å²) in [7, 11) is 0. The van der Waals surface area contributed by atoms with E-state index in [4.69, 9.17) is 11.6 Å². The number of hydrogen-bond acceptors (Lipinski definition) is 1. The SMILES string of the molecule is CCCc1ccnn1-c1ccc(Cl)cc1. The maximum Gasteiger partial charge on any atom is 0.0649 e. The summed E-state index contributed by atoms with van der Waals surface area (Å²) in [5.41, 5.74) is 2.30. The molecule has 0 aliphatic heterocycles. The van der Waals surface area contributed by atoms with Crippen molar-refractivity contribution in [2.45, 2.75) is 19.8 Å². The van der Waals surface area contributed by atoms with E-state index in [9.17, 15) is 0 Å². The Morgan fingerprint density at radius 3 is 2.60 bits per heavy atom. The predicted molar refractivity (Wildman–Crippen MR) is 62.6 cm³/mol. The molecule has 1 aromatic heterocycles. The smallest absolute Gasteiger partial charge is 0.0649 e. The molecule has 2 rings (SSSR count). The van der Waals surface area contributed by atoms with Crippen molar-refractivity contribution in [3.05, 3.63) is 47.2 Å². The highest BCUT2D eigenvalue weighted by molar-refractivity contribution is 6.30. The Morgan fingerprint density at radius 1 is 1.20 bits per heavy atom. The number of halogens is 1. The van der Waals surface area contributed by atoms with Crippen molar-refractivity contribution in [3.8, 4) is 5.69 Å². The van der Waals surface area contributed by atoms with Gasteiger partial charge in [0, 0.05) is 16.9 Å². The van der Waals surface area contributed by atoms with Gasteiger partial charge in [0.15, 0.2) is 0 Å². The first-order valence-corrected chi connectivity index (χ1v) is 5.48. The van der Waals surface area contributed by atoms with Gasteiger partial charge in [-0.3, -0.25) is 0 Å². The highest BCUT2D eigenvalue weighted by Gasteiger charge is 2.03. The van der Waals surface area contributed by atoms with Crippen molar-refractivity contribution >= 4 is 11.6 Å². The fourth-order valence-electron chi connectivity index (χ4n) is 1.59. The largest absolute Gasteiger partial charge is 0.238 e. The molecule has 1 aromatic carbocycles. The van der Waals surface area contributed by atoms with Crippen LogP contribution in [0.2, 0.25) is 5.02 Å². The molecular formula is C12H13ClN2. The molecular weight excluding hydrogens is 208 g/mol. The summed E-state index contributed by atoms with van der Waals surface area (Å²) in [5.74, 6) is 0. The molecule has 0 bridgehead atoms. The van der Waals surface area contributed by atoms with Gasteiger partial charge >= 0.3 is 0 Å². The number of benzene rings is 1. The highest BCUT2D eigenvalue weighted by atomic mass is 35.5. The Balaban J connectivity index is 2.36. The van der Waals surface area contributed by atoms with Crippen molar-refractivity contribution in [1.29, 1.82) is 0 Å². The maximum atomic E-state index is 5.84. The van der Waals surface area contributed by atoms with Gasteiger partial charge in [0.25, 0.3) is 0 Å². The van der Waals surface area contributed by atoms with E-state index in [0.29, 0.717) is 0 Å². The summed E-state index contributed by atoms with van der Waals surface area (Å²) in [6, 6.07) is 9.78. The van der Waals surface area contributed by atoms with E-state index in [0.717, 1.165) is 23.6 Å². The molecule has 0 aliphatic rings. The van der Waals surface area contributed by atoms with Gasteiger partial charge in [0.2, 0.25) is 0 Å². The van der Waals surface area contributed by atoms with Gasteiger partial charge in [-0.15, -0.1) is 0 Å². The minimum Gasteiger partial charge on any atom is -0.238 e. The average Bonchev–Trinajstić information content (AvgIpc) is 2.68. The molecule has 0 saturated heterocycles. The van der Waals surface area contributed by atoms with Gasteiger partial charge in [-0.05, 0) is 36.8 Å². The van der Waals surface area contributed by atoms with Gasteiger partial charge < -0.3 is 0 Å². The lowest BCUT2D eigenvalue weighted by atomic mass is 10.2. The van der Waals surface area contributed by atoms with Gasteiger partial charge in [-0.25, -0.2) is 4.68 Å². The molecule has 0 fully saturated rings. The van der Waals surface area contributed by atoms with E-state index in [1.807, 2.05) is 35.1 Å². The van der Waals surface area contributed by atoms with E-state index < -0.39 is 0 Å². The zero-order valence-electron chi connectivity index (χ0n) is 8.65. The molecule has 2 nitrogen and oxygen atoms in total. The fraction of sp³-hybridized carbons (Fsp3) is 0.250. The third-order valence-corrected chi connectivity index (χ3v) is 2.55. The van der Waals surface area contributed by atoms with Crippen LogP contribution in [0.15, 0.2) is 36.5 Å². The van der Waals surface area contributed by atoms with Crippen LogP contribution < -0.4 is 0 Å². The molecule has 2 aromatic rings. The van der Waals surface area contributed by atoms with E-state index in [1.54, 1.807) is 0 Å². The second-order valence-corrected chi connectivity index (χ2v) is 3.90. The molecule has 0 amide bonds. The van der Waals surface area contributed by atoms with Crippen LogP contribution in [-0.4, -0.2) is 9.78 Å². The van der Waals surface area contributed by atoms with Crippen LogP contribution >= 0.6 is 11.6 Å². The van der Waals surface area contributed by atoms with Crippen LogP contribution in [0.3, 0.4) is 0 Å². The Hall–Kier alpha value is -1.28. The standard InChI is InChI=1S/C12H13ClN2/c1-2-3-11-8-9-14-15(11)12-6-4-10(13)5-7-12/h4-9H,2-3H2,1H3. The predicted octanol–water partition coefficient (Wildman–Crippen LogP) is 3.48. The second kappa shape index (κ2) is 4.49. The lowest BCUT2D eigenvalue weighted by Crippen LogP contribution is -2.01. The first kappa shape index (κ1) is 10.2. The Kier molecular flexibility index (Phi) is 3.07. The summed E-state index contributed by atoms with van der Waals surface area (Å²) in [4.78, 5) is 0. The molecule has 3 heteroatoms. The first-order chi connectivity index (χ1) is 7.31. The summed E-state index contributed by atoms with van der Waals surface area (Å²) in [6.07, 6.45) is 4.00. The normalized spacial score (nSPS) is 10.5. The van der Waals surface area contributed by atoms with Crippen molar-refractivity contribution in [3.63, 3.8) is 0 Å². The molecule has 15 heavy (non-hydrogen) atoms. The molecule has 0 saturated carbocycles. The fourth-order valence-corrected chi connectivity index (χ4v) is 1.72. The number of aryl methyl sites for hydroxylation is 1. The molecule has 0 unspecified atom stereocenters. The van der Waals surface area contributed by atoms with E-state index >= 15 is 0 Å². The summed E-state index contributed by atoms with van der Waals surface area (Å²) < 4.78 is 1.96. The van der Waals surface area contributed by atoms with Crippen LogP contribution in [0, 0.1) is 0 Å². The van der Waals surface area contributed by atoms with Crippen LogP contribution in [0.5, 0.6) is 0 Å². The minimum atomic E-state index is 0.753. The zero-order valence-corrected chi connectivity index (χ0v) is 9.41. The molecule has 0 spiro atoms. The maximum absolute atomic E-state index is 5.84. The number of hydrogen-bond donors (Lipinski definition) is 0. The molecule has 0 aliphatic carbocycles. The summed E-state index contributed by atoms with van der Waals surface area (Å²) in [5, 5.41) is 5.06. The summed E-state index contributed by atoms with van der Waals surface area (Å²) >= 11 is 5.84. The Labute approximate surface area is 94.5 Å².